The number of ether oxygens (including phenoxy) is 1. The topological polar surface area (TPSA) is 105 Å². The number of carbonyl (C=O) groups excluding carboxylic acids is 1. The number of likely N-dealkylation sites (N-methyl/N-ethyl adjacent to an activating group) is 1. The minimum absolute atomic E-state index is 0.0736. The fraction of sp³-hybridized carbons (Fsp3) is 0.211. The number of rotatable bonds is 8. The lowest BCUT2D eigenvalue weighted by atomic mass is 10.1. The molecule has 0 aliphatic rings. The summed E-state index contributed by atoms with van der Waals surface area (Å²) in [6, 6.07) is 10.9. The Labute approximate surface area is 173 Å². The van der Waals surface area contributed by atoms with Crippen molar-refractivity contribution < 1.29 is 19.2 Å². The number of hydrogen-bond acceptors (Lipinski definition) is 8. The highest BCUT2D eigenvalue weighted by Crippen LogP contribution is 2.22. The van der Waals surface area contributed by atoms with E-state index in [1.165, 1.54) is 6.20 Å². The summed E-state index contributed by atoms with van der Waals surface area (Å²) in [5.41, 5.74) is 1.35. The highest BCUT2D eigenvalue weighted by molar-refractivity contribution is 7.10. The molecule has 1 aromatic carbocycles. The van der Waals surface area contributed by atoms with Crippen molar-refractivity contribution in [3.63, 3.8) is 0 Å². The number of H-pyrrole nitrogens is 1. The fourth-order valence-corrected chi connectivity index (χ4v) is 3.47. The van der Waals surface area contributed by atoms with Crippen molar-refractivity contribution in [2.75, 3.05) is 25.1 Å². The summed E-state index contributed by atoms with van der Waals surface area (Å²) < 4.78 is 10.3. The van der Waals surface area contributed by atoms with Crippen molar-refractivity contribution in [3.8, 4) is 11.6 Å². The maximum absolute atomic E-state index is 11.4. The summed E-state index contributed by atoms with van der Waals surface area (Å²) in [6.07, 6.45) is 1.95. The Hall–Kier alpha value is -2.90. The summed E-state index contributed by atoms with van der Waals surface area (Å²) in [6.45, 7) is 1.06. The van der Waals surface area contributed by atoms with Crippen LogP contribution in [0.4, 0.5) is 5.82 Å². The van der Waals surface area contributed by atoms with Gasteiger partial charge in [-0.15, -0.1) is 0 Å². The van der Waals surface area contributed by atoms with Gasteiger partial charge in [0.05, 0.1) is 26.5 Å². The van der Waals surface area contributed by atoms with Crippen LogP contribution in [0.15, 0.2) is 47.4 Å². The lowest BCUT2D eigenvalue weighted by molar-refractivity contribution is 0.0765. The molecule has 0 fully saturated rings. The van der Waals surface area contributed by atoms with Gasteiger partial charge in [-0.2, -0.15) is 0 Å². The summed E-state index contributed by atoms with van der Waals surface area (Å²) in [5.74, 6) is 0.912. The molecule has 2 heterocycles. The molecule has 2 N–H and O–H groups in total. The summed E-state index contributed by atoms with van der Waals surface area (Å²) >= 11 is 1.00. The Bertz CT molecular complexity index is 1020. The van der Waals surface area contributed by atoms with Crippen molar-refractivity contribution in [1.29, 1.82) is 0 Å². The number of pyridine rings is 1. The number of thiazole rings is 1. The summed E-state index contributed by atoms with van der Waals surface area (Å²) in [4.78, 5) is 31.5. The maximum atomic E-state index is 11.4. The number of carbonyl (C=O) groups is 1. The third-order valence-corrected chi connectivity index (χ3v) is 5.25. The minimum Gasteiger partial charge on any atom is -0.494 e. The predicted octanol–water partition coefficient (Wildman–Crippen LogP) is 2.59. The van der Waals surface area contributed by atoms with Gasteiger partial charge in [0.2, 0.25) is 5.88 Å². The predicted molar refractivity (Wildman–Crippen MR) is 114 cm³/mol. The molecule has 0 bridgehead atoms. The number of anilines is 1. The quantitative estimate of drug-likeness (QED) is 0.526. The lowest BCUT2D eigenvalue weighted by Crippen LogP contribution is -2.24. The lowest BCUT2D eigenvalue weighted by Gasteiger charge is -2.18. The Kier molecular flexibility index (Phi) is 6.85. The van der Waals surface area contributed by atoms with Gasteiger partial charge in [-0.25, -0.2) is 9.78 Å². The number of aromatic nitrogens is 2. The van der Waals surface area contributed by atoms with Crippen LogP contribution < -0.4 is 14.5 Å². The number of nitrogens with zero attached hydrogens (tertiary/aromatic N) is 2. The van der Waals surface area contributed by atoms with E-state index in [0.29, 0.717) is 30.0 Å². The molecule has 1 unspecified atom stereocenters. The van der Waals surface area contributed by atoms with E-state index in [1.54, 1.807) is 12.1 Å². The van der Waals surface area contributed by atoms with Crippen LogP contribution >= 0.6 is 20.8 Å². The molecule has 0 spiro atoms. The normalized spacial score (nSPS) is 10.6. The van der Waals surface area contributed by atoms with E-state index in [-0.39, 0.29) is 10.8 Å². The molecule has 3 aromatic rings. The third-order valence-electron chi connectivity index (χ3n) is 4.17. The molecule has 0 saturated heterocycles. The molecular weight excluding hydrogens is 413 g/mol. The van der Waals surface area contributed by atoms with Gasteiger partial charge in [0.1, 0.15) is 18.2 Å². The SMILES string of the molecule is CN(CCOc1ccc(Cc2sc(=O)[nH]c2O)cc1)c1ccc(C(=O)OP)cn1. The van der Waals surface area contributed by atoms with E-state index in [9.17, 15) is 14.7 Å². The van der Waals surface area contributed by atoms with E-state index >= 15 is 0 Å². The van der Waals surface area contributed by atoms with Gasteiger partial charge in [0.25, 0.3) is 0 Å². The van der Waals surface area contributed by atoms with Crippen molar-refractivity contribution in [3.05, 3.63) is 68.3 Å². The molecule has 0 saturated carbocycles. The van der Waals surface area contributed by atoms with Gasteiger partial charge in [0.15, 0.2) is 0 Å². The van der Waals surface area contributed by atoms with E-state index in [4.69, 9.17) is 4.74 Å². The first-order valence-electron chi connectivity index (χ1n) is 8.67. The zero-order valence-electron chi connectivity index (χ0n) is 15.6. The van der Waals surface area contributed by atoms with E-state index in [2.05, 4.69) is 14.5 Å². The molecule has 0 aliphatic carbocycles. The van der Waals surface area contributed by atoms with E-state index in [0.717, 1.165) is 28.5 Å². The second kappa shape index (κ2) is 9.54. The minimum atomic E-state index is -0.454. The van der Waals surface area contributed by atoms with Crippen molar-refractivity contribution >= 4 is 32.6 Å². The van der Waals surface area contributed by atoms with Crippen LogP contribution in [0.2, 0.25) is 0 Å². The molecule has 29 heavy (non-hydrogen) atoms. The number of hydrogen-bond donors (Lipinski definition) is 2. The molecule has 8 nitrogen and oxygen atoms in total. The molecule has 0 amide bonds. The zero-order valence-corrected chi connectivity index (χ0v) is 17.6. The van der Waals surface area contributed by atoms with E-state index in [1.807, 2.05) is 45.7 Å². The average Bonchev–Trinajstić information content (AvgIpc) is 3.05. The van der Waals surface area contributed by atoms with Gasteiger partial charge >= 0.3 is 10.8 Å². The molecule has 3 rings (SSSR count). The maximum Gasteiger partial charge on any atom is 0.341 e. The smallest absolute Gasteiger partial charge is 0.341 e. The number of nitrogens with one attached hydrogen (secondary N) is 1. The molecular formula is C19H20N3O5PS. The first kappa shape index (κ1) is 20.8. The first-order valence-corrected chi connectivity index (χ1v) is 9.96. The van der Waals surface area contributed by atoms with Crippen LogP contribution in [0.25, 0.3) is 0 Å². The zero-order chi connectivity index (χ0) is 20.8. The van der Waals surface area contributed by atoms with Crippen LogP contribution in [0, 0.1) is 0 Å². The molecule has 10 heteroatoms. The van der Waals surface area contributed by atoms with Crippen LogP contribution in [-0.4, -0.2) is 41.2 Å². The van der Waals surface area contributed by atoms with Crippen LogP contribution in [0.3, 0.4) is 0 Å². The Morgan fingerprint density at radius 3 is 2.62 bits per heavy atom. The largest absolute Gasteiger partial charge is 0.494 e. The molecule has 1 atom stereocenters. The van der Waals surface area contributed by atoms with Gasteiger partial charge in [-0.1, -0.05) is 23.5 Å². The molecule has 2 aromatic heterocycles. The standard InChI is InChI=1S/C19H20N3O5PS/c1-22(16-7-4-13(11-20-16)18(24)27-28)8-9-26-14-5-2-12(3-6-14)10-15-17(23)21-19(25)29-15/h2-7,11,23H,8-10,28H2,1H3,(H,21,25). The van der Waals surface area contributed by atoms with Gasteiger partial charge < -0.3 is 19.3 Å². The van der Waals surface area contributed by atoms with Crippen molar-refractivity contribution in [1.82, 2.24) is 9.97 Å². The van der Waals surface area contributed by atoms with Crippen LogP contribution in [0.1, 0.15) is 20.8 Å². The van der Waals surface area contributed by atoms with Crippen molar-refractivity contribution in [2.45, 2.75) is 6.42 Å². The summed E-state index contributed by atoms with van der Waals surface area (Å²) in [7, 11) is 3.80. The fourth-order valence-electron chi connectivity index (χ4n) is 2.58. The Balaban J connectivity index is 1.49. The van der Waals surface area contributed by atoms with E-state index < -0.39 is 5.97 Å². The molecule has 0 aliphatic heterocycles. The van der Waals surface area contributed by atoms with Gasteiger partial charge in [-0.05, 0) is 29.8 Å². The first-order chi connectivity index (χ1) is 14.0. The monoisotopic (exact) mass is 433 g/mol. The van der Waals surface area contributed by atoms with Crippen LogP contribution in [0.5, 0.6) is 11.6 Å². The molecule has 152 valence electrons. The number of benzene rings is 1. The Morgan fingerprint density at radius 2 is 2.03 bits per heavy atom. The molecule has 0 radical (unpaired) electrons. The van der Waals surface area contributed by atoms with Gasteiger partial charge in [0, 0.05) is 19.7 Å². The average molecular weight is 433 g/mol. The number of aromatic amines is 1. The third kappa shape index (κ3) is 5.56. The highest BCUT2D eigenvalue weighted by Gasteiger charge is 2.09. The second-order valence-electron chi connectivity index (χ2n) is 6.19. The number of aromatic hydroxyl groups is 1. The van der Waals surface area contributed by atoms with Crippen LogP contribution in [-0.2, 0) is 10.9 Å². The highest BCUT2D eigenvalue weighted by atomic mass is 32.1. The second-order valence-corrected chi connectivity index (χ2v) is 7.49. The summed E-state index contributed by atoms with van der Waals surface area (Å²) in [5, 5.41) is 9.66. The Morgan fingerprint density at radius 1 is 1.28 bits per heavy atom. The van der Waals surface area contributed by atoms with Crippen molar-refractivity contribution in [2.24, 2.45) is 0 Å². The van der Waals surface area contributed by atoms with Gasteiger partial charge in [-0.3, -0.25) is 9.78 Å².